The number of alkyl halides is 3. The van der Waals surface area contributed by atoms with Crippen LogP contribution in [0.4, 0.5) is 13.2 Å². The van der Waals surface area contributed by atoms with Crippen molar-refractivity contribution in [2.75, 3.05) is 0 Å². The van der Waals surface area contributed by atoms with Crippen LogP contribution in [-0.4, -0.2) is 16.9 Å². The molecule has 0 radical (unpaired) electrons. The van der Waals surface area contributed by atoms with Gasteiger partial charge in [0.05, 0.1) is 17.2 Å². The molecule has 1 aliphatic carbocycles. The third-order valence-corrected chi connectivity index (χ3v) is 3.86. The molecule has 1 saturated carbocycles. The summed E-state index contributed by atoms with van der Waals surface area (Å²) in [6.45, 7) is -0.0237. The minimum absolute atomic E-state index is 0.0237. The van der Waals surface area contributed by atoms with E-state index in [1.54, 1.807) is 0 Å². The number of carbonyl (C=O) groups is 1. The molecule has 1 amide bonds. The summed E-state index contributed by atoms with van der Waals surface area (Å²) in [6.07, 6.45) is 0.182. The number of nitrogens with two attached hydrogens (primary N) is 1. The summed E-state index contributed by atoms with van der Waals surface area (Å²) in [6, 6.07) is 2.09. The van der Waals surface area contributed by atoms with Crippen LogP contribution >= 0.6 is 0 Å². The van der Waals surface area contributed by atoms with E-state index in [0.717, 1.165) is 25.3 Å². The van der Waals surface area contributed by atoms with E-state index in [1.165, 1.54) is 12.3 Å². The number of rotatable bonds is 4. The standard InChI is InChI=1S/C14H18F3N3O/c15-14(16,17)10-5-3-7-19-12(10)8-20-11-6-2-1-4-9(11)13(18)21/h3,5,7,9,11,20H,1-2,4,6,8H2,(H2,18,21)/t9-,11-/m1/s1. The molecule has 3 N–H and O–H groups in total. The van der Waals surface area contributed by atoms with E-state index in [0.29, 0.717) is 6.42 Å². The number of carbonyl (C=O) groups excluding carboxylic acids is 1. The molecular weight excluding hydrogens is 283 g/mol. The summed E-state index contributed by atoms with van der Waals surface area (Å²) >= 11 is 0. The van der Waals surface area contributed by atoms with Crippen LogP contribution in [0.3, 0.4) is 0 Å². The quantitative estimate of drug-likeness (QED) is 0.896. The van der Waals surface area contributed by atoms with Gasteiger partial charge in [-0.15, -0.1) is 0 Å². The first-order chi connectivity index (χ1) is 9.89. The molecule has 1 heterocycles. The average Bonchev–Trinajstić information content (AvgIpc) is 2.44. The molecule has 7 heteroatoms. The van der Waals surface area contributed by atoms with Gasteiger partial charge < -0.3 is 11.1 Å². The number of amides is 1. The summed E-state index contributed by atoms with van der Waals surface area (Å²) in [5.74, 6) is -0.721. The van der Waals surface area contributed by atoms with Crippen molar-refractivity contribution in [1.82, 2.24) is 10.3 Å². The summed E-state index contributed by atoms with van der Waals surface area (Å²) in [4.78, 5) is 15.2. The first-order valence-electron chi connectivity index (χ1n) is 6.93. The SMILES string of the molecule is NC(=O)[C@@H]1CCCC[C@H]1NCc1ncccc1C(F)(F)F. The molecule has 1 aliphatic rings. The highest BCUT2D eigenvalue weighted by molar-refractivity contribution is 5.77. The summed E-state index contributed by atoms with van der Waals surface area (Å²) < 4.78 is 38.6. The van der Waals surface area contributed by atoms with Crippen molar-refractivity contribution in [2.24, 2.45) is 11.7 Å². The number of primary amides is 1. The van der Waals surface area contributed by atoms with Gasteiger partial charge in [-0.3, -0.25) is 9.78 Å². The maximum absolute atomic E-state index is 12.9. The first-order valence-corrected chi connectivity index (χ1v) is 6.93. The van der Waals surface area contributed by atoms with Crippen LogP contribution in [0.1, 0.15) is 36.9 Å². The molecule has 0 bridgehead atoms. The molecule has 0 spiro atoms. The monoisotopic (exact) mass is 301 g/mol. The van der Waals surface area contributed by atoms with Crippen molar-refractivity contribution in [3.8, 4) is 0 Å². The highest BCUT2D eigenvalue weighted by Crippen LogP contribution is 2.31. The summed E-state index contributed by atoms with van der Waals surface area (Å²) in [7, 11) is 0. The Morgan fingerprint density at radius 2 is 2.10 bits per heavy atom. The van der Waals surface area contributed by atoms with E-state index < -0.39 is 17.6 Å². The molecule has 2 atom stereocenters. The number of pyridine rings is 1. The molecule has 1 aromatic heterocycles. The Kier molecular flexibility index (Phi) is 4.82. The minimum atomic E-state index is -4.43. The molecule has 1 aromatic rings. The van der Waals surface area contributed by atoms with Crippen LogP contribution in [0.15, 0.2) is 18.3 Å². The zero-order valence-corrected chi connectivity index (χ0v) is 11.5. The third kappa shape index (κ3) is 3.93. The Morgan fingerprint density at radius 1 is 1.38 bits per heavy atom. The normalized spacial score (nSPS) is 23.0. The van der Waals surface area contributed by atoms with Gasteiger partial charge in [0.25, 0.3) is 0 Å². The van der Waals surface area contributed by atoms with Gasteiger partial charge in [0.15, 0.2) is 0 Å². The molecule has 0 saturated heterocycles. The number of hydrogen-bond acceptors (Lipinski definition) is 3. The van der Waals surface area contributed by atoms with Crippen molar-refractivity contribution < 1.29 is 18.0 Å². The number of hydrogen-bond donors (Lipinski definition) is 2. The Morgan fingerprint density at radius 3 is 2.76 bits per heavy atom. The van der Waals surface area contributed by atoms with Crippen molar-refractivity contribution >= 4 is 5.91 Å². The van der Waals surface area contributed by atoms with Crippen molar-refractivity contribution in [2.45, 2.75) is 44.4 Å². The topological polar surface area (TPSA) is 68.0 Å². The lowest BCUT2D eigenvalue weighted by molar-refractivity contribution is -0.138. The molecule has 2 rings (SSSR count). The van der Waals surface area contributed by atoms with Gasteiger partial charge in [0.1, 0.15) is 0 Å². The van der Waals surface area contributed by atoms with Crippen LogP contribution in [-0.2, 0) is 17.5 Å². The summed E-state index contributed by atoms with van der Waals surface area (Å²) in [5.41, 5.74) is 4.55. The number of halogens is 3. The Hall–Kier alpha value is -1.63. The lowest BCUT2D eigenvalue weighted by atomic mass is 9.84. The molecule has 1 fully saturated rings. The maximum atomic E-state index is 12.9. The van der Waals surface area contributed by atoms with Crippen LogP contribution in [0.5, 0.6) is 0 Å². The van der Waals surface area contributed by atoms with Crippen molar-refractivity contribution in [3.63, 3.8) is 0 Å². The Bertz CT molecular complexity index is 504. The van der Waals surface area contributed by atoms with Crippen LogP contribution in [0, 0.1) is 5.92 Å². The summed E-state index contributed by atoms with van der Waals surface area (Å²) in [5, 5.41) is 3.02. The van der Waals surface area contributed by atoms with Gasteiger partial charge in [-0.05, 0) is 25.0 Å². The molecule has 0 aromatic carbocycles. The molecule has 4 nitrogen and oxygen atoms in total. The Balaban J connectivity index is 2.07. The van der Waals surface area contributed by atoms with Crippen LogP contribution in [0.2, 0.25) is 0 Å². The minimum Gasteiger partial charge on any atom is -0.369 e. The zero-order chi connectivity index (χ0) is 15.5. The molecule has 0 aliphatic heterocycles. The van der Waals surface area contributed by atoms with Crippen molar-refractivity contribution in [1.29, 1.82) is 0 Å². The van der Waals surface area contributed by atoms with Gasteiger partial charge in [0.2, 0.25) is 5.91 Å². The molecule has 21 heavy (non-hydrogen) atoms. The van der Waals surface area contributed by atoms with E-state index in [4.69, 9.17) is 5.73 Å². The number of nitrogens with one attached hydrogen (secondary N) is 1. The molecule has 0 unspecified atom stereocenters. The fourth-order valence-corrected chi connectivity index (χ4v) is 2.78. The number of nitrogens with zero attached hydrogens (tertiary/aromatic N) is 1. The van der Waals surface area contributed by atoms with Crippen molar-refractivity contribution in [3.05, 3.63) is 29.6 Å². The van der Waals surface area contributed by atoms with E-state index in [9.17, 15) is 18.0 Å². The average molecular weight is 301 g/mol. The second-order valence-electron chi connectivity index (χ2n) is 5.28. The lowest BCUT2D eigenvalue weighted by Crippen LogP contribution is -2.44. The fraction of sp³-hybridized carbons (Fsp3) is 0.571. The van der Waals surface area contributed by atoms with Crippen LogP contribution < -0.4 is 11.1 Å². The van der Waals surface area contributed by atoms with E-state index in [-0.39, 0.29) is 24.2 Å². The second kappa shape index (κ2) is 6.43. The van der Waals surface area contributed by atoms with Gasteiger partial charge >= 0.3 is 6.18 Å². The van der Waals surface area contributed by atoms with Gasteiger partial charge in [-0.1, -0.05) is 12.8 Å². The van der Waals surface area contributed by atoms with E-state index in [1.807, 2.05) is 0 Å². The number of aromatic nitrogens is 1. The second-order valence-corrected chi connectivity index (χ2v) is 5.28. The van der Waals surface area contributed by atoms with Gasteiger partial charge in [0, 0.05) is 18.8 Å². The largest absolute Gasteiger partial charge is 0.418 e. The highest BCUT2D eigenvalue weighted by atomic mass is 19.4. The van der Waals surface area contributed by atoms with Gasteiger partial charge in [-0.25, -0.2) is 0 Å². The van der Waals surface area contributed by atoms with E-state index in [2.05, 4.69) is 10.3 Å². The predicted octanol–water partition coefficient (Wildman–Crippen LogP) is 2.23. The zero-order valence-electron chi connectivity index (χ0n) is 11.5. The first kappa shape index (κ1) is 15.8. The smallest absolute Gasteiger partial charge is 0.369 e. The van der Waals surface area contributed by atoms with Gasteiger partial charge in [-0.2, -0.15) is 13.2 Å². The highest BCUT2D eigenvalue weighted by Gasteiger charge is 2.34. The third-order valence-electron chi connectivity index (χ3n) is 3.86. The van der Waals surface area contributed by atoms with E-state index >= 15 is 0 Å². The van der Waals surface area contributed by atoms with Crippen LogP contribution in [0.25, 0.3) is 0 Å². The molecule has 116 valence electrons. The molecular formula is C14H18F3N3O. The fourth-order valence-electron chi connectivity index (χ4n) is 2.78. The lowest BCUT2D eigenvalue weighted by Gasteiger charge is -2.30. The predicted molar refractivity (Wildman–Crippen MR) is 71.0 cm³/mol. The maximum Gasteiger partial charge on any atom is 0.418 e. The Labute approximate surface area is 120 Å².